The van der Waals surface area contributed by atoms with Gasteiger partial charge in [0.25, 0.3) is 0 Å². The van der Waals surface area contributed by atoms with Crippen molar-refractivity contribution in [2.45, 2.75) is 31.9 Å². The van der Waals surface area contributed by atoms with Crippen LogP contribution in [0.1, 0.15) is 20.3 Å². The van der Waals surface area contributed by atoms with Crippen molar-refractivity contribution in [2.24, 2.45) is 4.99 Å². The average molecular weight is 171 g/mol. The van der Waals surface area contributed by atoms with Crippen LogP contribution in [-0.4, -0.2) is 31.1 Å². The van der Waals surface area contributed by atoms with Crippen LogP contribution in [0, 0.1) is 0 Å². The molecule has 0 N–H and O–H groups in total. The van der Waals surface area contributed by atoms with E-state index in [9.17, 15) is 4.79 Å². The normalized spacial score (nSPS) is 33.1. The van der Waals surface area contributed by atoms with Crippen molar-refractivity contribution in [3.05, 3.63) is 0 Å². The molecule has 1 aliphatic heterocycles. The highest BCUT2D eigenvalue weighted by Gasteiger charge is 2.43. The number of nitrogens with zero attached hydrogens (tertiary/aromatic N) is 1. The Hall–Kier alpha value is -1.06. The number of esters is 1. The van der Waals surface area contributed by atoms with Crippen molar-refractivity contribution in [2.75, 3.05) is 7.11 Å². The van der Waals surface area contributed by atoms with Crippen molar-refractivity contribution in [3.63, 3.8) is 0 Å². The average Bonchev–Trinajstić information content (AvgIpc) is 2.47. The number of ether oxygens (including phenoxy) is 2. The number of carbonyl (C=O) groups is 1. The molecule has 68 valence electrons. The molecule has 0 aliphatic carbocycles. The van der Waals surface area contributed by atoms with Crippen molar-refractivity contribution in [1.29, 1.82) is 0 Å². The lowest BCUT2D eigenvalue weighted by Gasteiger charge is -2.25. The van der Waals surface area contributed by atoms with E-state index in [-0.39, 0.29) is 5.97 Å². The molecule has 12 heavy (non-hydrogen) atoms. The molecule has 4 nitrogen and oxygen atoms in total. The molecule has 0 saturated carbocycles. The van der Waals surface area contributed by atoms with Gasteiger partial charge in [-0.2, -0.15) is 0 Å². The Bertz CT molecular complexity index is 214. The molecule has 1 aliphatic rings. The van der Waals surface area contributed by atoms with Gasteiger partial charge in [0, 0.05) is 0 Å². The van der Waals surface area contributed by atoms with Gasteiger partial charge in [-0.25, -0.2) is 9.79 Å². The number of hydrogen-bond donors (Lipinski definition) is 0. The summed E-state index contributed by atoms with van der Waals surface area (Å²) >= 11 is 0. The Balaban J connectivity index is 2.75. The van der Waals surface area contributed by atoms with Gasteiger partial charge in [-0.15, -0.1) is 0 Å². The van der Waals surface area contributed by atoms with Gasteiger partial charge >= 0.3 is 5.97 Å². The summed E-state index contributed by atoms with van der Waals surface area (Å²) in [5, 5.41) is 0. The highest BCUT2D eigenvalue weighted by molar-refractivity contribution is 5.80. The third kappa shape index (κ3) is 1.29. The first kappa shape index (κ1) is 9.03. The molecule has 1 rings (SSSR count). The molecule has 0 radical (unpaired) electrons. The molecule has 4 heteroatoms. The SMILES string of the molecule is CC[C@@]1(C)OC=N[C@@H]1C(=O)OC. The van der Waals surface area contributed by atoms with Gasteiger partial charge in [0.05, 0.1) is 7.11 Å². The summed E-state index contributed by atoms with van der Waals surface area (Å²) in [6, 6.07) is -0.507. The first-order chi connectivity index (χ1) is 5.64. The Morgan fingerprint density at radius 3 is 3.00 bits per heavy atom. The number of carbonyl (C=O) groups excluding carboxylic acids is 1. The highest BCUT2D eigenvalue weighted by atomic mass is 16.5. The zero-order valence-electron chi connectivity index (χ0n) is 7.53. The van der Waals surface area contributed by atoms with Gasteiger partial charge in [-0.05, 0) is 13.3 Å². The molecular formula is C8H13NO3. The Morgan fingerprint density at radius 2 is 2.50 bits per heavy atom. The fourth-order valence-corrected chi connectivity index (χ4v) is 1.13. The molecule has 0 saturated heterocycles. The molecule has 0 aromatic carbocycles. The van der Waals surface area contributed by atoms with Crippen molar-refractivity contribution in [1.82, 2.24) is 0 Å². The largest absolute Gasteiger partial charge is 0.475 e. The van der Waals surface area contributed by atoms with Crippen LogP contribution in [0.4, 0.5) is 0 Å². The Kier molecular flexibility index (Phi) is 2.35. The van der Waals surface area contributed by atoms with Crippen LogP contribution in [0.2, 0.25) is 0 Å². The van der Waals surface area contributed by atoms with Crippen LogP contribution in [0.5, 0.6) is 0 Å². The number of rotatable bonds is 2. The van der Waals surface area contributed by atoms with E-state index in [1.54, 1.807) is 0 Å². The summed E-state index contributed by atoms with van der Waals surface area (Å²) in [5.74, 6) is -0.340. The minimum atomic E-state index is -0.521. The lowest BCUT2D eigenvalue weighted by atomic mass is 9.94. The lowest BCUT2D eigenvalue weighted by Crippen LogP contribution is -2.41. The summed E-state index contributed by atoms with van der Waals surface area (Å²) < 4.78 is 9.83. The van der Waals surface area contributed by atoms with E-state index in [4.69, 9.17) is 4.74 Å². The third-order valence-corrected chi connectivity index (χ3v) is 2.24. The summed E-state index contributed by atoms with van der Waals surface area (Å²) in [6.45, 7) is 3.80. The fraction of sp³-hybridized carbons (Fsp3) is 0.750. The van der Waals surface area contributed by atoms with E-state index in [1.807, 2.05) is 13.8 Å². The summed E-state index contributed by atoms with van der Waals surface area (Å²) in [5.41, 5.74) is -0.521. The van der Waals surface area contributed by atoms with Gasteiger partial charge in [0.15, 0.2) is 12.4 Å². The molecule has 1 heterocycles. The van der Waals surface area contributed by atoms with Gasteiger partial charge in [0.1, 0.15) is 5.60 Å². The van der Waals surface area contributed by atoms with E-state index in [2.05, 4.69) is 9.73 Å². The van der Waals surface area contributed by atoms with Gasteiger partial charge in [-0.3, -0.25) is 0 Å². The molecule has 0 amide bonds. The predicted octanol–water partition coefficient (Wildman–Crippen LogP) is 0.755. The minimum absolute atomic E-state index is 0.340. The maximum Gasteiger partial charge on any atom is 0.334 e. The van der Waals surface area contributed by atoms with Crippen LogP contribution in [0.25, 0.3) is 0 Å². The highest BCUT2D eigenvalue weighted by Crippen LogP contribution is 2.26. The van der Waals surface area contributed by atoms with Crippen LogP contribution in [-0.2, 0) is 14.3 Å². The summed E-state index contributed by atoms with van der Waals surface area (Å²) in [7, 11) is 1.35. The predicted molar refractivity (Wildman–Crippen MR) is 44.1 cm³/mol. The van der Waals surface area contributed by atoms with Crippen LogP contribution in [0.3, 0.4) is 0 Å². The molecule has 0 aromatic rings. The molecular weight excluding hydrogens is 158 g/mol. The topological polar surface area (TPSA) is 47.9 Å². The molecule has 0 fully saturated rings. The zero-order chi connectivity index (χ0) is 9.19. The quantitative estimate of drug-likeness (QED) is 0.576. The fourth-order valence-electron chi connectivity index (χ4n) is 1.13. The van der Waals surface area contributed by atoms with E-state index < -0.39 is 11.6 Å². The molecule has 0 bridgehead atoms. The number of methoxy groups -OCH3 is 1. The van der Waals surface area contributed by atoms with E-state index >= 15 is 0 Å². The van der Waals surface area contributed by atoms with Crippen molar-refractivity contribution in [3.8, 4) is 0 Å². The number of aliphatic imine (C=N–C) groups is 1. The van der Waals surface area contributed by atoms with Gasteiger partial charge in [0.2, 0.25) is 0 Å². The van der Waals surface area contributed by atoms with Crippen LogP contribution < -0.4 is 0 Å². The molecule has 0 aromatic heterocycles. The maximum atomic E-state index is 11.2. The Labute approximate surface area is 71.6 Å². The van der Waals surface area contributed by atoms with Crippen LogP contribution in [0.15, 0.2) is 4.99 Å². The van der Waals surface area contributed by atoms with E-state index in [0.29, 0.717) is 0 Å². The van der Waals surface area contributed by atoms with Gasteiger partial charge < -0.3 is 9.47 Å². The third-order valence-electron chi connectivity index (χ3n) is 2.24. The standard InChI is InChI=1S/C8H13NO3/c1-4-8(2)6(7(10)11-3)9-5-12-8/h5-6H,4H2,1-3H3/t6-,8-/m1/s1. The lowest BCUT2D eigenvalue weighted by molar-refractivity contribution is -0.146. The van der Waals surface area contributed by atoms with Crippen LogP contribution >= 0.6 is 0 Å². The minimum Gasteiger partial charge on any atom is -0.475 e. The second-order valence-electron chi connectivity index (χ2n) is 2.96. The monoisotopic (exact) mass is 171 g/mol. The maximum absolute atomic E-state index is 11.2. The van der Waals surface area contributed by atoms with E-state index in [1.165, 1.54) is 13.5 Å². The summed E-state index contributed by atoms with van der Waals surface area (Å²) in [4.78, 5) is 15.1. The molecule has 0 spiro atoms. The first-order valence-corrected chi connectivity index (χ1v) is 3.91. The smallest absolute Gasteiger partial charge is 0.334 e. The van der Waals surface area contributed by atoms with Crippen molar-refractivity contribution >= 4 is 12.4 Å². The Morgan fingerprint density at radius 1 is 1.83 bits per heavy atom. The second-order valence-corrected chi connectivity index (χ2v) is 2.96. The van der Waals surface area contributed by atoms with E-state index in [0.717, 1.165) is 6.42 Å². The van der Waals surface area contributed by atoms with Crippen molar-refractivity contribution < 1.29 is 14.3 Å². The first-order valence-electron chi connectivity index (χ1n) is 3.91. The van der Waals surface area contributed by atoms with Gasteiger partial charge in [-0.1, -0.05) is 6.92 Å². The zero-order valence-corrected chi connectivity index (χ0v) is 7.53. The molecule has 2 atom stereocenters. The summed E-state index contributed by atoms with van der Waals surface area (Å²) in [6.07, 6.45) is 2.05. The number of hydrogen-bond acceptors (Lipinski definition) is 4. The molecule has 0 unspecified atom stereocenters. The second kappa shape index (κ2) is 3.13.